The van der Waals surface area contributed by atoms with Gasteiger partial charge >= 0.3 is 17.7 Å². The van der Waals surface area contributed by atoms with Gasteiger partial charge in [-0.3, -0.25) is 19.8 Å². The lowest BCUT2D eigenvalue weighted by molar-refractivity contribution is -0.386. The first-order valence-corrected chi connectivity index (χ1v) is 9.64. The largest absolute Gasteiger partial charge is 0.483 e. The molecule has 1 N–H and O–H groups in total. The second-order valence-corrected chi connectivity index (χ2v) is 7.32. The van der Waals surface area contributed by atoms with Crippen LogP contribution >= 0.6 is 11.6 Å². The third-order valence-electron chi connectivity index (χ3n) is 4.23. The summed E-state index contributed by atoms with van der Waals surface area (Å²) in [6.07, 6.45) is 0.918. The van der Waals surface area contributed by atoms with Crippen molar-refractivity contribution in [1.82, 2.24) is 10.2 Å². The zero-order valence-electron chi connectivity index (χ0n) is 17.2. The first-order valence-electron chi connectivity index (χ1n) is 9.26. The van der Waals surface area contributed by atoms with Crippen LogP contribution in [0, 0.1) is 10.1 Å². The molecule has 0 atom stereocenters. The van der Waals surface area contributed by atoms with Gasteiger partial charge in [-0.15, -0.1) is 0 Å². The third-order valence-corrected chi connectivity index (χ3v) is 4.51. The molecule has 1 aromatic carbocycles. The van der Waals surface area contributed by atoms with Crippen molar-refractivity contribution in [1.29, 1.82) is 0 Å². The van der Waals surface area contributed by atoms with Gasteiger partial charge in [0.1, 0.15) is 11.5 Å². The lowest BCUT2D eigenvalue weighted by Gasteiger charge is -2.12. The van der Waals surface area contributed by atoms with Crippen LogP contribution in [-0.4, -0.2) is 40.9 Å². The molecule has 2 aromatic rings. The molecule has 168 valence electrons. The summed E-state index contributed by atoms with van der Waals surface area (Å²) < 4.78 is 15.2. The number of nitrogens with zero attached hydrogens (tertiary/aromatic N) is 2. The smallest absolute Gasteiger partial charge is 0.373 e. The standard InChI is InChI=1S/C20H18ClN3O8/c1-10(2)31-17-13(21)6-11(8-15(17)24(28)29)7-14-18(25)23(20(27)22-14)9-12-4-5-16(32-12)19(26)30-3/h4-8,10H,9H2,1-3H3,(H,22,27). The van der Waals surface area contributed by atoms with Gasteiger partial charge in [0.2, 0.25) is 11.5 Å². The van der Waals surface area contributed by atoms with E-state index in [1.165, 1.54) is 37.5 Å². The van der Waals surface area contributed by atoms with Crippen LogP contribution in [0.1, 0.15) is 35.7 Å². The third kappa shape index (κ3) is 4.72. The summed E-state index contributed by atoms with van der Waals surface area (Å²) in [5, 5.41) is 13.8. The molecule has 1 aliphatic heterocycles. The molecule has 3 rings (SSSR count). The quantitative estimate of drug-likeness (QED) is 0.216. The zero-order chi connectivity index (χ0) is 23.6. The number of nitro benzene ring substituents is 1. The number of benzene rings is 1. The Labute approximate surface area is 186 Å². The summed E-state index contributed by atoms with van der Waals surface area (Å²) in [5.41, 5.74) is -0.274. The number of esters is 1. The summed E-state index contributed by atoms with van der Waals surface area (Å²) in [4.78, 5) is 48.1. The minimum atomic E-state index is -0.724. The Bertz CT molecular complexity index is 1140. The molecular formula is C20H18ClN3O8. The summed E-state index contributed by atoms with van der Waals surface area (Å²) in [7, 11) is 1.19. The van der Waals surface area contributed by atoms with Crippen LogP contribution in [0.4, 0.5) is 10.5 Å². The van der Waals surface area contributed by atoms with E-state index >= 15 is 0 Å². The van der Waals surface area contributed by atoms with Crippen molar-refractivity contribution >= 4 is 41.3 Å². The molecule has 3 amide bonds. The number of methoxy groups -OCH3 is 1. The van der Waals surface area contributed by atoms with Gasteiger partial charge in [-0.05, 0) is 43.7 Å². The molecule has 0 bridgehead atoms. The van der Waals surface area contributed by atoms with Crippen molar-refractivity contribution in [2.75, 3.05) is 7.11 Å². The molecule has 1 aromatic heterocycles. The van der Waals surface area contributed by atoms with Crippen molar-refractivity contribution in [2.45, 2.75) is 26.5 Å². The van der Waals surface area contributed by atoms with Gasteiger partial charge in [0.25, 0.3) is 5.91 Å². The SMILES string of the molecule is COC(=O)c1ccc(CN2C(=O)NC(=Cc3cc(Cl)c(OC(C)C)c([N+](=O)[O-])c3)C2=O)o1. The van der Waals surface area contributed by atoms with Gasteiger partial charge in [0, 0.05) is 6.07 Å². The summed E-state index contributed by atoms with van der Waals surface area (Å²) in [6.45, 7) is 3.16. The maximum Gasteiger partial charge on any atom is 0.373 e. The fourth-order valence-electron chi connectivity index (χ4n) is 2.88. The summed E-state index contributed by atoms with van der Waals surface area (Å²) >= 11 is 6.16. The molecule has 32 heavy (non-hydrogen) atoms. The summed E-state index contributed by atoms with van der Waals surface area (Å²) in [6, 6.07) is 4.64. The molecule has 1 saturated heterocycles. The van der Waals surface area contributed by atoms with Crippen LogP contribution < -0.4 is 10.1 Å². The van der Waals surface area contributed by atoms with Gasteiger partial charge in [0.05, 0.1) is 29.7 Å². The van der Waals surface area contributed by atoms with E-state index in [9.17, 15) is 24.5 Å². The van der Waals surface area contributed by atoms with Gasteiger partial charge in [-0.2, -0.15) is 0 Å². The lowest BCUT2D eigenvalue weighted by atomic mass is 10.1. The van der Waals surface area contributed by atoms with E-state index in [4.69, 9.17) is 20.8 Å². The van der Waals surface area contributed by atoms with Crippen molar-refractivity contribution in [2.24, 2.45) is 0 Å². The molecule has 0 saturated carbocycles. The van der Waals surface area contributed by atoms with E-state index in [0.29, 0.717) is 0 Å². The highest BCUT2D eigenvalue weighted by Gasteiger charge is 2.34. The Kier molecular flexibility index (Phi) is 6.49. The zero-order valence-corrected chi connectivity index (χ0v) is 18.0. The topological polar surface area (TPSA) is 141 Å². The van der Waals surface area contributed by atoms with Gasteiger partial charge in [0.15, 0.2) is 0 Å². The average molecular weight is 464 g/mol. The second-order valence-electron chi connectivity index (χ2n) is 6.91. The van der Waals surface area contributed by atoms with Gasteiger partial charge < -0.3 is 19.2 Å². The number of halogens is 1. The average Bonchev–Trinajstić information content (AvgIpc) is 3.29. The number of carbonyl (C=O) groups excluding carboxylic acids is 3. The Morgan fingerprint density at radius 1 is 1.34 bits per heavy atom. The van der Waals surface area contributed by atoms with Crippen molar-refractivity contribution in [3.8, 4) is 5.75 Å². The normalized spacial score (nSPS) is 14.8. The molecule has 11 nitrogen and oxygen atoms in total. The minimum absolute atomic E-state index is 0.0145. The Morgan fingerprint density at radius 3 is 2.69 bits per heavy atom. The monoisotopic (exact) mass is 463 g/mol. The van der Waals surface area contributed by atoms with E-state index in [1.807, 2.05) is 0 Å². The molecule has 1 fully saturated rings. The molecular weight excluding hydrogens is 446 g/mol. The number of hydrogen-bond donors (Lipinski definition) is 1. The van der Waals surface area contributed by atoms with Crippen molar-refractivity contribution in [3.05, 3.63) is 62.2 Å². The highest BCUT2D eigenvalue weighted by Crippen LogP contribution is 2.37. The number of nitro groups is 1. The molecule has 0 radical (unpaired) electrons. The van der Waals surface area contributed by atoms with E-state index in [2.05, 4.69) is 10.1 Å². The molecule has 1 aliphatic rings. The van der Waals surface area contributed by atoms with Crippen molar-refractivity contribution in [3.63, 3.8) is 0 Å². The van der Waals surface area contributed by atoms with E-state index in [0.717, 1.165) is 4.90 Å². The Balaban J connectivity index is 1.86. The number of hydrogen-bond acceptors (Lipinski definition) is 8. The molecule has 0 unspecified atom stereocenters. The fraction of sp³-hybridized carbons (Fsp3) is 0.250. The minimum Gasteiger partial charge on any atom is -0.483 e. The molecule has 12 heteroatoms. The highest BCUT2D eigenvalue weighted by atomic mass is 35.5. The van der Waals surface area contributed by atoms with E-state index in [-0.39, 0.29) is 51.9 Å². The van der Waals surface area contributed by atoms with E-state index < -0.39 is 22.8 Å². The number of furan rings is 1. The number of imide groups is 1. The van der Waals surface area contributed by atoms with Crippen LogP contribution in [0.5, 0.6) is 5.75 Å². The maximum absolute atomic E-state index is 12.7. The first kappa shape index (κ1) is 22.8. The van der Waals surface area contributed by atoms with Crippen LogP contribution in [0.15, 0.2) is 34.4 Å². The number of urea groups is 1. The Hall–Kier alpha value is -3.86. The Morgan fingerprint density at radius 2 is 2.06 bits per heavy atom. The number of nitrogens with one attached hydrogen (secondary N) is 1. The van der Waals surface area contributed by atoms with Crippen LogP contribution in [0.3, 0.4) is 0 Å². The number of amides is 3. The van der Waals surface area contributed by atoms with Crippen LogP contribution in [0.25, 0.3) is 6.08 Å². The van der Waals surface area contributed by atoms with Crippen LogP contribution in [-0.2, 0) is 16.1 Å². The van der Waals surface area contributed by atoms with Gasteiger partial charge in [-0.1, -0.05) is 11.6 Å². The first-order chi connectivity index (χ1) is 15.1. The second kappa shape index (κ2) is 9.10. The predicted molar refractivity (Wildman–Crippen MR) is 111 cm³/mol. The molecule has 2 heterocycles. The summed E-state index contributed by atoms with van der Waals surface area (Å²) in [5.74, 6) is -1.36. The van der Waals surface area contributed by atoms with Crippen molar-refractivity contribution < 1.29 is 33.2 Å². The highest BCUT2D eigenvalue weighted by molar-refractivity contribution is 6.32. The molecule has 0 spiro atoms. The predicted octanol–water partition coefficient (Wildman–Crippen LogP) is 3.51. The number of rotatable bonds is 7. The fourth-order valence-corrected chi connectivity index (χ4v) is 3.15. The lowest BCUT2D eigenvalue weighted by Crippen LogP contribution is -2.30. The van der Waals surface area contributed by atoms with Gasteiger partial charge in [-0.25, -0.2) is 9.59 Å². The van der Waals surface area contributed by atoms with Crippen LogP contribution in [0.2, 0.25) is 5.02 Å². The number of carbonyl (C=O) groups is 3. The number of ether oxygens (including phenoxy) is 2. The maximum atomic E-state index is 12.7. The van der Waals surface area contributed by atoms with E-state index in [1.54, 1.807) is 13.8 Å². The molecule has 0 aliphatic carbocycles.